The zero-order chi connectivity index (χ0) is 12.6. The first-order valence-corrected chi connectivity index (χ1v) is 6.31. The molecule has 0 spiro atoms. The Morgan fingerprint density at radius 2 is 2.12 bits per heavy atom. The number of para-hydroxylation sites is 1. The molecule has 3 unspecified atom stereocenters. The van der Waals surface area contributed by atoms with Crippen LogP contribution < -0.4 is 10.6 Å². The van der Waals surface area contributed by atoms with Gasteiger partial charge in [-0.1, -0.05) is 19.1 Å². The van der Waals surface area contributed by atoms with Crippen molar-refractivity contribution in [1.82, 2.24) is 0 Å². The molecule has 0 aliphatic carbocycles. The van der Waals surface area contributed by atoms with Crippen LogP contribution in [-0.2, 0) is 0 Å². The predicted molar refractivity (Wildman–Crippen MR) is 69.6 cm³/mol. The number of nitrogens with two attached hydrogens (primary N) is 1. The monoisotopic (exact) mass is 236 g/mol. The van der Waals surface area contributed by atoms with E-state index < -0.39 is 0 Å². The van der Waals surface area contributed by atoms with Crippen molar-refractivity contribution in [2.45, 2.75) is 39.3 Å². The molecule has 1 aliphatic rings. The number of benzene rings is 1. The minimum atomic E-state index is -0.152. The van der Waals surface area contributed by atoms with E-state index in [1.807, 2.05) is 13.0 Å². The molecule has 2 N–H and O–H groups in total. The van der Waals surface area contributed by atoms with Gasteiger partial charge in [-0.2, -0.15) is 0 Å². The summed E-state index contributed by atoms with van der Waals surface area (Å²) in [6, 6.07) is 5.44. The molecular formula is C14H21FN2. The summed E-state index contributed by atoms with van der Waals surface area (Å²) in [6.07, 6.45) is 1.12. The van der Waals surface area contributed by atoms with Gasteiger partial charge in [0.25, 0.3) is 0 Å². The van der Waals surface area contributed by atoms with E-state index in [2.05, 4.69) is 18.7 Å². The Labute approximate surface area is 103 Å². The molecule has 0 bridgehead atoms. The van der Waals surface area contributed by atoms with Gasteiger partial charge in [-0.25, -0.2) is 4.39 Å². The van der Waals surface area contributed by atoms with E-state index >= 15 is 0 Å². The highest BCUT2D eigenvalue weighted by Gasteiger charge is 2.30. The summed E-state index contributed by atoms with van der Waals surface area (Å²) in [4.78, 5) is 2.17. The van der Waals surface area contributed by atoms with Crippen LogP contribution in [0.1, 0.15) is 38.8 Å². The SMILES string of the molecule is CC1CC(C)N(c2c(F)cccc2C(C)N)C1. The minimum Gasteiger partial charge on any atom is -0.366 e. The summed E-state index contributed by atoms with van der Waals surface area (Å²) in [6.45, 7) is 7.19. The van der Waals surface area contributed by atoms with Crippen LogP contribution in [0.3, 0.4) is 0 Å². The zero-order valence-electron chi connectivity index (χ0n) is 10.8. The Morgan fingerprint density at radius 3 is 2.65 bits per heavy atom. The average molecular weight is 236 g/mol. The molecule has 2 nitrogen and oxygen atoms in total. The van der Waals surface area contributed by atoms with Crippen LogP contribution >= 0.6 is 0 Å². The number of rotatable bonds is 2. The van der Waals surface area contributed by atoms with E-state index in [-0.39, 0.29) is 11.9 Å². The summed E-state index contributed by atoms with van der Waals surface area (Å²) in [5.74, 6) is 0.464. The number of hydrogen-bond donors (Lipinski definition) is 1. The number of anilines is 1. The lowest BCUT2D eigenvalue weighted by Crippen LogP contribution is -2.29. The molecule has 1 heterocycles. The Bertz CT molecular complexity index is 403. The second-order valence-corrected chi connectivity index (χ2v) is 5.31. The molecule has 3 heteroatoms. The van der Waals surface area contributed by atoms with E-state index in [1.165, 1.54) is 6.07 Å². The van der Waals surface area contributed by atoms with Crippen molar-refractivity contribution >= 4 is 5.69 Å². The maximum Gasteiger partial charge on any atom is 0.146 e. The molecule has 1 aromatic rings. The van der Waals surface area contributed by atoms with Gasteiger partial charge in [-0.05, 0) is 37.8 Å². The lowest BCUT2D eigenvalue weighted by molar-refractivity contribution is 0.606. The molecule has 94 valence electrons. The highest BCUT2D eigenvalue weighted by molar-refractivity contribution is 5.57. The van der Waals surface area contributed by atoms with E-state index in [0.717, 1.165) is 18.5 Å². The largest absolute Gasteiger partial charge is 0.366 e. The Balaban J connectivity index is 2.43. The molecule has 1 aliphatic heterocycles. The van der Waals surface area contributed by atoms with Crippen LogP contribution in [0.5, 0.6) is 0 Å². The third kappa shape index (κ3) is 2.29. The van der Waals surface area contributed by atoms with Crippen molar-refractivity contribution in [3.05, 3.63) is 29.6 Å². The molecule has 1 saturated heterocycles. The van der Waals surface area contributed by atoms with Gasteiger partial charge in [-0.3, -0.25) is 0 Å². The normalized spacial score (nSPS) is 26.3. The molecule has 0 aromatic heterocycles. The molecule has 1 fully saturated rings. The maximum atomic E-state index is 14.1. The Kier molecular flexibility index (Phi) is 3.38. The lowest BCUT2D eigenvalue weighted by atomic mass is 10.0. The maximum absolute atomic E-state index is 14.1. The summed E-state index contributed by atoms with van der Waals surface area (Å²) < 4.78 is 14.1. The van der Waals surface area contributed by atoms with Crippen LogP contribution in [0.4, 0.5) is 10.1 Å². The van der Waals surface area contributed by atoms with Crippen molar-refractivity contribution in [2.75, 3.05) is 11.4 Å². The van der Waals surface area contributed by atoms with Crippen LogP contribution in [0.15, 0.2) is 18.2 Å². The van der Waals surface area contributed by atoms with Crippen LogP contribution in [-0.4, -0.2) is 12.6 Å². The summed E-state index contributed by atoms with van der Waals surface area (Å²) >= 11 is 0. The van der Waals surface area contributed by atoms with Gasteiger partial charge in [0.05, 0.1) is 5.69 Å². The summed E-state index contributed by atoms with van der Waals surface area (Å²) in [5, 5.41) is 0. The minimum absolute atomic E-state index is 0.135. The Morgan fingerprint density at radius 1 is 1.41 bits per heavy atom. The first-order chi connectivity index (χ1) is 8.00. The van der Waals surface area contributed by atoms with Crippen LogP contribution in [0.2, 0.25) is 0 Å². The van der Waals surface area contributed by atoms with Crippen LogP contribution in [0.25, 0.3) is 0 Å². The van der Waals surface area contributed by atoms with Crippen LogP contribution in [0, 0.1) is 11.7 Å². The van der Waals surface area contributed by atoms with Gasteiger partial charge in [0.15, 0.2) is 0 Å². The van der Waals surface area contributed by atoms with E-state index in [0.29, 0.717) is 17.6 Å². The fourth-order valence-corrected chi connectivity index (χ4v) is 2.81. The third-order valence-electron chi connectivity index (χ3n) is 3.58. The van der Waals surface area contributed by atoms with Gasteiger partial charge < -0.3 is 10.6 Å². The molecule has 17 heavy (non-hydrogen) atoms. The first-order valence-electron chi connectivity index (χ1n) is 6.31. The molecule has 1 aromatic carbocycles. The first kappa shape index (κ1) is 12.4. The van der Waals surface area contributed by atoms with E-state index in [9.17, 15) is 4.39 Å². The van der Waals surface area contributed by atoms with Gasteiger partial charge in [0, 0.05) is 18.6 Å². The quantitative estimate of drug-likeness (QED) is 0.855. The molecular weight excluding hydrogens is 215 g/mol. The van der Waals surface area contributed by atoms with Crippen molar-refractivity contribution in [3.63, 3.8) is 0 Å². The molecule has 0 amide bonds. The second-order valence-electron chi connectivity index (χ2n) is 5.31. The van der Waals surface area contributed by atoms with Crippen molar-refractivity contribution < 1.29 is 4.39 Å². The third-order valence-corrected chi connectivity index (χ3v) is 3.58. The number of hydrogen-bond acceptors (Lipinski definition) is 2. The summed E-state index contributed by atoms with van der Waals surface area (Å²) in [7, 11) is 0. The number of halogens is 1. The van der Waals surface area contributed by atoms with Crippen molar-refractivity contribution in [2.24, 2.45) is 11.7 Å². The molecule has 3 atom stereocenters. The standard InChI is InChI=1S/C14H21FN2/c1-9-7-10(2)17(8-9)14-12(11(3)16)5-4-6-13(14)15/h4-6,9-11H,7-8,16H2,1-3H3. The second kappa shape index (κ2) is 4.65. The summed E-state index contributed by atoms with van der Waals surface area (Å²) in [5.41, 5.74) is 7.55. The molecule has 0 saturated carbocycles. The van der Waals surface area contributed by atoms with Crippen molar-refractivity contribution in [1.29, 1.82) is 0 Å². The molecule has 2 rings (SSSR count). The predicted octanol–water partition coefficient (Wildman–Crippen LogP) is 3.08. The van der Waals surface area contributed by atoms with Gasteiger partial charge in [-0.15, -0.1) is 0 Å². The fraction of sp³-hybridized carbons (Fsp3) is 0.571. The fourth-order valence-electron chi connectivity index (χ4n) is 2.81. The topological polar surface area (TPSA) is 29.3 Å². The number of nitrogens with zero attached hydrogens (tertiary/aromatic N) is 1. The zero-order valence-corrected chi connectivity index (χ0v) is 10.8. The highest BCUT2D eigenvalue weighted by atomic mass is 19.1. The van der Waals surface area contributed by atoms with Gasteiger partial charge in [0.1, 0.15) is 5.82 Å². The average Bonchev–Trinajstić information content (AvgIpc) is 2.57. The van der Waals surface area contributed by atoms with Gasteiger partial charge in [0.2, 0.25) is 0 Å². The van der Waals surface area contributed by atoms with Crippen molar-refractivity contribution in [3.8, 4) is 0 Å². The molecule has 0 radical (unpaired) electrons. The van der Waals surface area contributed by atoms with E-state index in [1.54, 1.807) is 6.07 Å². The van der Waals surface area contributed by atoms with E-state index in [4.69, 9.17) is 5.73 Å². The highest BCUT2D eigenvalue weighted by Crippen LogP contribution is 2.35. The Hall–Kier alpha value is -1.09. The van der Waals surface area contributed by atoms with Gasteiger partial charge >= 0.3 is 0 Å². The lowest BCUT2D eigenvalue weighted by Gasteiger charge is -2.28. The smallest absolute Gasteiger partial charge is 0.146 e.